The molecule has 1 heterocycles. The molecule has 0 amide bonds. The molecule has 0 aliphatic heterocycles. The summed E-state index contributed by atoms with van der Waals surface area (Å²) in [7, 11) is 0. The molecule has 0 unspecified atom stereocenters. The molecule has 0 saturated heterocycles. The number of benzene rings is 1. The van der Waals surface area contributed by atoms with Gasteiger partial charge in [0.25, 0.3) is 0 Å². The summed E-state index contributed by atoms with van der Waals surface area (Å²) in [5, 5.41) is 3.06. The van der Waals surface area contributed by atoms with E-state index in [4.69, 9.17) is 10.2 Å². The van der Waals surface area contributed by atoms with Gasteiger partial charge in [0, 0.05) is 5.69 Å². The number of aliphatic imine (C=N–C) groups is 1. The Balaban J connectivity index is 2.01. The van der Waals surface area contributed by atoms with E-state index in [9.17, 15) is 0 Å². The van der Waals surface area contributed by atoms with Gasteiger partial charge in [-0.3, -0.25) is 0 Å². The van der Waals surface area contributed by atoms with Gasteiger partial charge >= 0.3 is 0 Å². The third-order valence-electron chi connectivity index (χ3n) is 3.24. The maximum Gasteiger partial charge on any atom is 0.216 e. The fourth-order valence-electron chi connectivity index (χ4n) is 1.77. The van der Waals surface area contributed by atoms with Crippen molar-refractivity contribution in [1.82, 2.24) is 4.98 Å². The number of aromatic nitrogens is 1. The highest BCUT2D eigenvalue weighted by molar-refractivity contribution is 5.92. The number of nitrogens with one attached hydrogen (secondary N) is 1. The first-order valence-corrected chi connectivity index (χ1v) is 6.53. The van der Waals surface area contributed by atoms with Crippen molar-refractivity contribution in [2.24, 2.45) is 10.7 Å². The van der Waals surface area contributed by atoms with Crippen molar-refractivity contribution in [1.29, 1.82) is 0 Å². The Hall–Kier alpha value is -2.30. The molecule has 2 rings (SSSR count). The smallest absolute Gasteiger partial charge is 0.216 e. The predicted molar refractivity (Wildman–Crippen MR) is 80.8 cm³/mol. The van der Waals surface area contributed by atoms with Gasteiger partial charge in [0.1, 0.15) is 12.3 Å². The van der Waals surface area contributed by atoms with Crippen LogP contribution >= 0.6 is 0 Å². The molecule has 5 nitrogen and oxygen atoms in total. The zero-order valence-corrected chi connectivity index (χ0v) is 12.3. The summed E-state index contributed by atoms with van der Waals surface area (Å²) in [4.78, 5) is 8.48. The van der Waals surface area contributed by atoms with Crippen LogP contribution in [-0.2, 0) is 6.54 Å². The summed E-state index contributed by atoms with van der Waals surface area (Å²) in [6.45, 7) is 8.25. The van der Waals surface area contributed by atoms with Crippen molar-refractivity contribution < 1.29 is 4.42 Å². The Morgan fingerprint density at radius 3 is 2.60 bits per heavy atom. The van der Waals surface area contributed by atoms with Gasteiger partial charge in [-0.15, -0.1) is 0 Å². The van der Waals surface area contributed by atoms with Crippen molar-refractivity contribution in [2.75, 3.05) is 5.32 Å². The van der Waals surface area contributed by atoms with Crippen LogP contribution in [0.4, 0.5) is 5.69 Å². The highest BCUT2D eigenvalue weighted by atomic mass is 16.4. The van der Waals surface area contributed by atoms with Gasteiger partial charge in [-0.25, -0.2) is 9.98 Å². The molecule has 0 fully saturated rings. The lowest BCUT2D eigenvalue weighted by molar-refractivity contribution is 0.473. The third-order valence-corrected chi connectivity index (χ3v) is 3.24. The monoisotopic (exact) mass is 272 g/mol. The molecule has 1 aromatic heterocycles. The summed E-state index contributed by atoms with van der Waals surface area (Å²) in [5.74, 6) is 1.74. The number of nitrogens with zero attached hydrogens (tertiary/aromatic N) is 2. The fourth-order valence-corrected chi connectivity index (χ4v) is 1.77. The Bertz CT molecular complexity index is 624. The minimum absolute atomic E-state index is 0.332. The Labute approximate surface area is 118 Å². The second-order valence-electron chi connectivity index (χ2n) is 4.87. The Morgan fingerprint density at radius 1 is 1.25 bits per heavy atom. The molecule has 1 aromatic carbocycles. The molecular formula is C15H20N4O. The summed E-state index contributed by atoms with van der Waals surface area (Å²) in [6, 6.07) is 6.06. The third kappa shape index (κ3) is 3.38. The number of rotatable bonds is 3. The summed E-state index contributed by atoms with van der Waals surface area (Å²) in [6.07, 6.45) is 0. The number of hydrogen-bond donors (Lipinski definition) is 2. The van der Waals surface area contributed by atoms with E-state index < -0.39 is 0 Å². The van der Waals surface area contributed by atoms with Crippen LogP contribution < -0.4 is 11.1 Å². The van der Waals surface area contributed by atoms with Crippen molar-refractivity contribution in [3.05, 3.63) is 46.7 Å². The SMILES string of the molecule is Cc1ccc(NC(N)=NCc2nc(C)c(C)o2)cc1C. The van der Waals surface area contributed by atoms with Gasteiger partial charge in [0.05, 0.1) is 5.69 Å². The van der Waals surface area contributed by atoms with E-state index in [0.29, 0.717) is 18.4 Å². The largest absolute Gasteiger partial charge is 0.444 e. The molecular weight excluding hydrogens is 252 g/mol. The predicted octanol–water partition coefficient (Wildman–Crippen LogP) is 2.84. The van der Waals surface area contributed by atoms with E-state index in [1.807, 2.05) is 32.0 Å². The minimum Gasteiger partial charge on any atom is -0.444 e. The number of hydrogen-bond acceptors (Lipinski definition) is 3. The molecule has 106 valence electrons. The van der Waals surface area contributed by atoms with Crippen LogP contribution in [0.5, 0.6) is 0 Å². The van der Waals surface area contributed by atoms with Crippen molar-refractivity contribution >= 4 is 11.6 Å². The Morgan fingerprint density at radius 2 is 2.00 bits per heavy atom. The van der Waals surface area contributed by atoms with Crippen LogP contribution in [-0.4, -0.2) is 10.9 Å². The Kier molecular flexibility index (Phi) is 4.08. The number of anilines is 1. The normalized spacial score (nSPS) is 11.7. The first-order chi connectivity index (χ1) is 9.45. The lowest BCUT2D eigenvalue weighted by Crippen LogP contribution is -2.22. The van der Waals surface area contributed by atoms with Gasteiger partial charge in [-0.05, 0) is 51.0 Å². The average molecular weight is 272 g/mol. The van der Waals surface area contributed by atoms with Crippen LogP contribution in [0.15, 0.2) is 27.6 Å². The number of guanidine groups is 1. The van der Waals surface area contributed by atoms with E-state index in [2.05, 4.69) is 29.1 Å². The number of oxazole rings is 1. The highest BCUT2D eigenvalue weighted by Gasteiger charge is 2.04. The van der Waals surface area contributed by atoms with Crippen LogP contribution in [0.2, 0.25) is 0 Å². The molecule has 0 saturated carbocycles. The van der Waals surface area contributed by atoms with Crippen molar-refractivity contribution in [3.8, 4) is 0 Å². The average Bonchev–Trinajstić information content (AvgIpc) is 2.71. The maximum atomic E-state index is 5.86. The van der Waals surface area contributed by atoms with Gasteiger partial charge < -0.3 is 15.5 Å². The molecule has 0 bridgehead atoms. The van der Waals surface area contributed by atoms with Crippen LogP contribution in [0, 0.1) is 27.7 Å². The van der Waals surface area contributed by atoms with Gasteiger partial charge in [0.15, 0.2) is 5.96 Å². The molecule has 0 radical (unpaired) electrons. The first kappa shape index (κ1) is 14.1. The van der Waals surface area contributed by atoms with E-state index in [1.54, 1.807) is 0 Å². The van der Waals surface area contributed by atoms with E-state index >= 15 is 0 Å². The van der Waals surface area contributed by atoms with Crippen LogP contribution in [0.3, 0.4) is 0 Å². The molecule has 5 heteroatoms. The zero-order valence-electron chi connectivity index (χ0n) is 12.3. The van der Waals surface area contributed by atoms with Crippen molar-refractivity contribution in [3.63, 3.8) is 0 Å². The molecule has 2 aromatic rings. The second kappa shape index (κ2) is 5.77. The minimum atomic E-state index is 0.332. The van der Waals surface area contributed by atoms with Gasteiger partial charge in [0.2, 0.25) is 5.89 Å². The molecule has 3 N–H and O–H groups in total. The molecule has 0 aliphatic rings. The van der Waals surface area contributed by atoms with Gasteiger partial charge in [-0.2, -0.15) is 0 Å². The summed E-state index contributed by atoms with van der Waals surface area (Å²) < 4.78 is 5.45. The highest BCUT2D eigenvalue weighted by Crippen LogP contribution is 2.14. The van der Waals surface area contributed by atoms with Crippen LogP contribution in [0.25, 0.3) is 0 Å². The molecule has 0 aliphatic carbocycles. The van der Waals surface area contributed by atoms with E-state index in [1.165, 1.54) is 11.1 Å². The standard InChI is InChI=1S/C15H20N4O/c1-9-5-6-13(7-10(9)2)19-15(16)17-8-14-18-11(3)12(4)20-14/h5-7H,8H2,1-4H3,(H3,16,17,19). The van der Waals surface area contributed by atoms with Crippen molar-refractivity contribution in [2.45, 2.75) is 34.2 Å². The van der Waals surface area contributed by atoms with E-state index in [0.717, 1.165) is 17.1 Å². The lowest BCUT2D eigenvalue weighted by atomic mass is 10.1. The second-order valence-corrected chi connectivity index (χ2v) is 4.87. The number of nitrogens with two attached hydrogens (primary N) is 1. The van der Waals surface area contributed by atoms with Crippen LogP contribution in [0.1, 0.15) is 28.5 Å². The summed E-state index contributed by atoms with van der Waals surface area (Å²) in [5.41, 5.74) is 10.1. The lowest BCUT2D eigenvalue weighted by Gasteiger charge is -2.07. The quantitative estimate of drug-likeness (QED) is 0.665. The first-order valence-electron chi connectivity index (χ1n) is 6.53. The molecule has 0 atom stereocenters. The molecule has 20 heavy (non-hydrogen) atoms. The van der Waals surface area contributed by atoms with Gasteiger partial charge in [-0.1, -0.05) is 6.07 Å². The number of aryl methyl sites for hydroxylation is 4. The van der Waals surface area contributed by atoms with E-state index in [-0.39, 0.29) is 0 Å². The zero-order chi connectivity index (χ0) is 14.7. The fraction of sp³-hybridized carbons (Fsp3) is 0.333. The maximum absolute atomic E-state index is 5.86. The topological polar surface area (TPSA) is 76.4 Å². The molecule has 0 spiro atoms. The summed E-state index contributed by atoms with van der Waals surface area (Å²) >= 11 is 0.